The van der Waals surface area contributed by atoms with Crippen LogP contribution in [0.3, 0.4) is 0 Å². The van der Waals surface area contributed by atoms with Crippen molar-refractivity contribution < 1.29 is 19.4 Å². The molecule has 0 spiro atoms. The van der Waals surface area contributed by atoms with E-state index in [-0.39, 0.29) is 18.6 Å². The van der Waals surface area contributed by atoms with E-state index in [1.54, 1.807) is 0 Å². The van der Waals surface area contributed by atoms with Crippen molar-refractivity contribution in [1.29, 1.82) is 0 Å². The summed E-state index contributed by atoms with van der Waals surface area (Å²) >= 11 is 0. The lowest BCUT2D eigenvalue weighted by molar-refractivity contribution is -0.121. The van der Waals surface area contributed by atoms with Crippen LogP contribution in [0.25, 0.3) is 0 Å². The molecule has 1 aromatic carbocycles. The van der Waals surface area contributed by atoms with Crippen molar-refractivity contribution >= 4 is 5.91 Å². The summed E-state index contributed by atoms with van der Waals surface area (Å²) in [6.45, 7) is 4.40. The van der Waals surface area contributed by atoms with E-state index >= 15 is 0 Å². The Bertz CT molecular complexity index is 473. The Morgan fingerprint density at radius 3 is 2.85 bits per heavy atom. The molecule has 2 N–H and O–H groups in total. The minimum absolute atomic E-state index is 0.0534. The van der Waals surface area contributed by atoms with Crippen LogP contribution in [0.2, 0.25) is 0 Å². The number of nitrogens with one attached hydrogen (secondary N) is 1. The molecular formula is C15H21NO4. The zero-order valence-electron chi connectivity index (χ0n) is 11.9. The summed E-state index contributed by atoms with van der Waals surface area (Å²) in [5, 5.41) is 12.4. The summed E-state index contributed by atoms with van der Waals surface area (Å²) in [7, 11) is 0. The van der Waals surface area contributed by atoms with Gasteiger partial charge in [0.2, 0.25) is 12.7 Å². The Kier molecular flexibility index (Phi) is 4.84. The standard InChI is InChI=1S/C15H21NO4/c1-10(2)12(17)8-16-15(18)6-4-11-3-5-13-14(7-11)20-9-19-13/h3,5,7,10,12,17H,4,6,8-9H2,1-2H3,(H,16,18). The zero-order chi connectivity index (χ0) is 14.5. The molecule has 0 fully saturated rings. The lowest BCUT2D eigenvalue weighted by atomic mass is 10.1. The van der Waals surface area contributed by atoms with Gasteiger partial charge in [0.25, 0.3) is 0 Å². The van der Waals surface area contributed by atoms with Crippen molar-refractivity contribution in [3.8, 4) is 11.5 Å². The highest BCUT2D eigenvalue weighted by molar-refractivity contribution is 5.76. The number of carbonyl (C=O) groups excluding carboxylic acids is 1. The highest BCUT2D eigenvalue weighted by Crippen LogP contribution is 2.32. The van der Waals surface area contributed by atoms with E-state index in [0.29, 0.717) is 19.4 Å². The number of carbonyl (C=O) groups is 1. The van der Waals surface area contributed by atoms with Crippen molar-refractivity contribution in [2.75, 3.05) is 13.3 Å². The number of hydrogen-bond donors (Lipinski definition) is 2. The zero-order valence-corrected chi connectivity index (χ0v) is 11.9. The number of aliphatic hydroxyl groups is 1. The summed E-state index contributed by atoms with van der Waals surface area (Å²) < 4.78 is 10.5. The van der Waals surface area contributed by atoms with Crippen LogP contribution in [0.15, 0.2) is 18.2 Å². The topological polar surface area (TPSA) is 67.8 Å². The third kappa shape index (κ3) is 3.87. The summed E-state index contributed by atoms with van der Waals surface area (Å²) in [6, 6.07) is 5.69. The molecule has 0 bridgehead atoms. The van der Waals surface area contributed by atoms with Crippen molar-refractivity contribution in [3.05, 3.63) is 23.8 Å². The smallest absolute Gasteiger partial charge is 0.231 e. The molecule has 0 saturated heterocycles. The van der Waals surface area contributed by atoms with Crippen LogP contribution in [0.4, 0.5) is 0 Å². The molecule has 20 heavy (non-hydrogen) atoms. The maximum absolute atomic E-state index is 11.7. The van der Waals surface area contributed by atoms with Crippen molar-refractivity contribution in [2.45, 2.75) is 32.8 Å². The minimum Gasteiger partial charge on any atom is -0.454 e. The Morgan fingerprint density at radius 1 is 1.35 bits per heavy atom. The molecule has 1 aromatic rings. The van der Waals surface area contributed by atoms with Crippen LogP contribution in [0.5, 0.6) is 11.5 Å². The molecule has 1 amide bonds. The fraction of sp³-hybridized carbons (Fsp3) is 0.533. The lowest BCUT2D eigenvalue weighted by Gasteiger charge is -2.15. The molecule has 0 radical (unpaired) electrons. The molecule has 0 aliphatic carbocycles. The average molecular weight is 279 g/mol. The molecule has 0 aromatic heterocycles. The number of aliphatic hydroxyl groups excluding tert-OH is 1. The number of rotatable bonds is 6. The van der Waals surface area contributed by atoms with Crippen molar-refractivity contribution in [3.63, 3.8) is 0 Å². The van der Waals surface area contributed by atoms with Gasteiger partial charge in [-0.25, -0.2) is 0 Å². The van der Waals surface area contributed by atoms with E-state index in [1.807, 2.05) is 32.0 Å². The first-order valence-corrected chi connectivity index (χ1v) is 6.89. The van der Waals surface area contributed by atoms with Gasteiger partial charge in [0.05, 0.1) is 6.10 Å². The second-order valence-electron chi connectivity index (χ2n) is 5.30. The Morgan fingerprint density at radius 2 is 2.10 bits per heavy atom. The Hall–Kier alpha value is -1.75. The largest absolute Gasteiger partial charge is 0.454 e. The maximum Gasteiger partial charge on any atom is 0.231 e. The fourth-order valence-electron chi connectivity index (χ4n) is 1.90. The molecule has 5 heteroatoms. The second kappa shape index (κ2) is 6.61. The van der Waals surface area contributed by atoms with Gasteiger partial charge in [0.15, 0.2) is 11.5 Å². The first-order valence-electron chi connectivity index (χ1n) is 6.89. The van der Waals surface area contributed by atoms with E-state index in [4.69, 9.17) is 9.47 Å². The summed E-state index contributed by atoms with van der Waals surface area (Å²) in [4.78, 5) is 11.7. The molecule has 5 nitrogen and oxygen atoms in total. The Balaban J connectivity index is 1.76. The van der Waals surface area contributed by atoms with Crippen LogP contribution in [0, 0.1) is 5.92 Å². The molecular weight excluding hydrogens is 258 g/mol. The molecule has 2 rings (SSSR count). The van der Waals surface area contributed by atoms with Crippen LogP contribution < -0.4 is 14.8 Å². The number of hydrogen-bond acceptors (Lipinski definition) is 4. The average Bonchev–Trinajstić information content (AvgIpc) is 2.89. The number of fused-ring (bicyclic) bond motifs is 1. The van der Waals surface area contributed by atoms with Crippen LogP contribution in [-0.4, -0.2) is 30.5 Å². The van der Waals surface area contributed by atoms with Gasteiger partial charge >= 0.3 is 0 Å². The number of ether oxygens (including phenoxy) is 2. The summed E-state index contributed by atoms with van der Waals surface area (Å²) in [6.07, 6.45) is 0.537. The molecule has 1 heterocycles. The summed E-state index contributed by atoms with van der Waals surface area (Å²) in [5.74, 6) is 1.57. The molecule has 1 unspecified atom stereocenters. The number of aryl methyl sites for hydroxylation is 1. The van der Waals surface area contributed by atoms with Gasteiger partial charge in [0, 0.05) is 13.0 Å². The van der Waals surface area contributed by atoms with Gasteiger partial charge in [-0.1, -0.05) is 19.9 Å². The fourth-order valence-corrected chi connectivity index (χ4v) is 1.90. The molecule has 110 valence electrons. The van der Waals surface area contributed by atoms with Crippen LogP contribution in [-0.2, 0) is 11.2 Å². The van der Waals surface area contributed by atoms with Crippen molar-refractivity contribution in [2.24, 2.45) is 5.92 Å². The van der Waals surface area contributed by atoms with Gasteiger partial charge in [0.1, 0.15) is 0 Å². The van der Waals surface area contributed by atoms with Gasteiger partial charge in [-0.05, 0) is 30.0 Å². The third-order valence-corrected chi connectivity index (χ3v) is 3.36. The molecule has 1 atom stereocenters. The molecule has 1 aliphatic heterocycles. The van der Waals surface area contributed by atoms with E-state index in [9.17, 15) is 9.90 Å². The van der Waals surface area contributed by atoms with E-state index in [0.717, 1.165) is 17.1 Å². The number of amides is 1. The first-order chi connectivity index (χ1) is 9.56. The van der Waals surface area contributed by atoms with Gasteiger partial charge in [-0.2, -0.15) is 0 Å². The van der Waals surface area contributed by atoms with E-state index in [2.05, 4.69) is 5.32 Å². The summed E-state index contributed by atoms with van der Waals surface area (Å²) in [5.41, 5.74) is 1.04. The van der Waals surface area contributed by atoms with Gasteiger partial charge < -0.3 is 19.9 Å². The molecule has 1 aliphatic rings. The lowest BCUT2D eigenvalue weighted by Crippen LogP contribution is -2.34. The highest BCUT2D eigenvalue weighted by Gasteiger charge is 2.14. The Labute approximate surface area is 118 Å². The predicted molar refractivity (Wildman–Crippen MR) is 74.7 cm³/mol. The van der Waals surface area contributed by atoms with E-state index in [1.165, 1.54) is 0 Å². The molecule has 0 saturated carbocycles. The normalized spacial score (nSPS) is 14.4. The third-order valence-electron chi connectivity index (χ3n) is 3.36. The first kappa shape index (κ1) is 14.7. The van der Waals surface area contributed by atoms with Crippen molar-refractivity contribution in [1.82, 2.24) is 5.32 Å². The maximum atomic E-state index is 11.7. The predicted octanol–water partition coefficient (Wildman–Crippen LogP) is 1.48. The van der Waals surface area contributed by atoms with Crippen LogP contribution >= 0.6 is 0 Å². The van der Waals surface area contributed by atoms with E-state index < -0.39 is 6.10 Å². The number of benzene rings is 1. The van der Waals surface area contributed by atoms with Gasteiger partial charge in [-0.3, -0.25) is 4.79 Å². The minimum atomic E-state index is -0.496. The van der Waals surface area contributed by atoms with Crippen LogP contribution in [0.1, 0.15) is 25.8 Å². The quantitative estimate of drug-likeness (QED) is 0.827. The highest BCUT2D eigenvalue weighted by atomic mass is 16.7. The monoisotopic (exact) mass is 279 g/mol. The second-order valence-corrected chi connectivity index (χ2v) is 5.30. The SMILES string of the molecule is CC(C)C(O)CNC(=O)CCc1ccc2c(c1)OCO2. The van der Waals surface area contributed by atoms with Gasteiger partial charge in [-0.15, -0.1) is 0 Å².